The molecule has 2 amide bonds. The van der Waals surface area contributed by atoms with Crippen molar-refractivity contribution in [2.45, 2.75) is 25.8 Å². The summed E-state index contributed by atoms with van der Waals surface area (Å²) in [5.41, 5.74) is -0.911. The van der Waals surface area contributed by atoms with Gasteiger partial charge >= 0.3 is 5.69 Å². The first kappa shape index (κ1) is 17.6. The normalized spacial score (nSPS) is 23.5. The van der Waals surface area contributed by atoms with E-state index in [-0.39, 0.29) is 18.4 Å². The first-order chi connectivity index (χ1) is 12.1. The van der Waals surface area contributed by atoms with E-state index < -0.39 is 11.1 Å². The number of methoxy groups -OCH3 is 1. The van der Waals surface area contributed by atoms with Gasteiger partial charge < -0.3 is 14.5 Å². The minimum atomic E-state index is -0.471. The quantitative estimate of drug-likeness (QED) is 0.731. The van der Waals surface area contributed by atoms with Gasteiger partial charge in [-0.2, -0.15) is 0 Å². The highest BCUT2D eigenvalue weighted by atomic mass is 16.5. The van der Waals surface area contributed by atoms with Crippen molar-refractivity contribution in [1.29, 1.82) is 0 Å². The molecular weight excluding hydrogens is 324 g/mol. The molecule has 0 N–H and O–H groups in total. The van der Waals surface area contributed by atoms with Crippen LogP contribution in [0.5, 0.6) is 0 Å². The second-order valence-electron chi connectivity index (χ2n) is 6.76. The zero-order valence-corrected chi connectivity index (χ0v) is 14.5. The van der Waals surface area contributed by atoms with E-state index in [9.17, 15) is 14.4 Å². The Hall–Kier alpha value is -2.22. The third kappa shape index (κ3) is 3.58. The Morgan fingerprint density at radius 2 is 2.16 bits per heavy atom. The van der Waals surface area contributed by atoms with E-state index in [0.717, 1.165) is 19.4 Å². The number of rotatable bonds is 5. The molecule has 3 heterocycles. The fourth-order valence-electron chi connectivity index (χ4n) is 3.78. The Morgan fingerprint density at radius 1 is 1.32 bits per heavy atom. The lowest BCUT2D eigenvalue weighted by Gasteiger charge is -2.39. The van der Waals surface area contributed by atoms with Crippen molar-refractivity contribution in [1.82, 2.24) is 19.4 Å². The molecule has 0 bridgehead atoms. The van der Waals surface area contributed by atoms with Gasteiger partial charge in [0.05, 0.1) is 12.0 Å². The molecule has 25 heavy (non-hydrogen) atoms. The molecule has 1 atom stereocenters. The van der Waals surface area contributed by atoms with E-state index in [0.29, 0.717) is 32.7 Å². The van der Waals surface area contributed by atoms with Crippen LogP contribution >= 0.6 is 0 Å². The average Bonchev–Trinajstić information content (AvgIpc) is 3.04. The predicted molar refractivity (Wildman–Crippen MR) is 89.8 cm³/mol. The van der Waals surface area contributed by atoms with Crippen LogP contribution in [0, 0.1) is 5.41 Å². The fourth-order valence-corrected chi connectivity index (χ4v) is 3.78. The standard InChI is InChI=1S/C17H24N4O4/c1-25-11-10-19-7-2-4-17(15(19)23)5-9-21(13-17)14(22)12-20-8-3-6-18-16(20)24/h3,6,8H,2,4-5,7,9-13H2,1H3/t17-/m0/s1. The molecular formula is C17H24N4O4. The van der Waals surface area contributed by atoms with Gasteiger partial charge in [-0.15, -0.1) is 0 Å². The minimum Gasteiger partial charge on any atom is -0.383 e. The Balaban J connectivity index is 1.66. The number of likely N-dealkylation sites (tertiary alicyclic amines) is 2. The molecule has 1 aromatic heterocycles. The lowest BCUT2D eigenvalue weighted by Crippen LogP contribution is -2.51. The van der Waals surface area contributed by atoms with Gasteiger partial charge in [-0.3, -0.25) is 14.2 Å². The van der Waals surface area contributed by atoms with Crippen LogP contribution in [0.2, 0.25) is 0 Å². The molecule has 0 radical (unpaired) electrons. The molecule has 0 aromatic carbocycles. The van der Waals surface area contributed by atoms with Crippen molar-refractivity contribution >= 4 is 11.8 Å². The van der Waals surface area contributed by atoms with Gasteiger partial charge in [0.2, 0.25) is 11.8 Å². The lowest BCUT2D eigenvalue weighted by molar-refractivity contribution is -0.146. The van der Waals surface area contributed by atoms with E-state index in [1.165, 1.54) is 10.8 Å². The molecule has 2 aliphatic heterocycles. The third-order valence-corrected chi connectivity index (χ3v) is 5.18. The number of hydrogen-bond acceptors (Lipinski definition) is 5. The molecule has 2 saturated heterocycles. The number of nitrogens with zero attached hydrogens (tertiary/aromatic N) is 4. The maximum atomic E-state index is 12.9. The smallest absolute Gasteiger partial charge is 0.347 e. The summed E-state index contributed by atoms with van der Waals surface area (Å²) in [6.45, 7) is 2.82. The molecule has 3 rings (SSSR count). The number of amides is 2. The monoisotopic (exact) mass is 348 g/mol. The van der Waals surface area contributed by atoms with Crippen molar-refractivity contribution < 1.29 is 14.3 Å². The summed E-state index contributed by atoms with van der Waals surface area (Å²) in [4.78, 5) is 44.3. The van der Waals surface area contributed by atoms with E-state index in [2.05, 4.69) is 4.98 Å². The highest BCUT2D eigenvalue weighted by molar-refractivity contribution is 5.86. The molecule has 0 aliphatic carbocycles. The van der Waals surface area contributed by atoms with Crippen LogP contribution in [0.15, 0.2) is 23.3 Å². The molecule has 1 spiro atoms. The number of carbonyl (C=O) groups is 2. The second-order valence-corrected chi connectivity index (χ2v) is 6.76. The first-order valence-corrected chi connectivity index (χ1v) is 8.63. The van der Waals surface area contributed by atoms with Crippen LogP contribution < -0.4 is 5.69 Å². The van der Waals surface area contributed by atoms with Gasteiger partial charge in [0, 0.05) is 45.7 Å². The van der Waals surface area contributed by atoms with Gasteiger partial charge in [0.25, 0.3) is 0 Å². The molecule has 2 fully saturated rings. The highest BCUT2D eigenvalue weighted by Crippen LogP contribution is 2.40. The zero-order chi connectivity index (χ0) is 17.9. The Kier molecular flexibility index (Phi) is 5.17. The van der Waals surface area contributed by atoms with E-state index in [1.807, 2.05) is 4.90 Å². The number of ether oxygens (including phenoxy) is 1. The van der Waals surface area contributed by atoms with Gasteiger partial charge in [-0.25, -0.2) is 9.78 Å². The fraction of sp³-hybridized carbons (Fsp3) is 0.647. The van der Waals surface area contributed by atoms with Crippen LogP contribution in [0.25, 0.3) is 0 Å². The van der Waals surface area contributed by atoms with Crippen molar-refractivity contribution in [2.24, 2.45) is 5.41 Å². The van der Waals surface area contributed by atoms with Gasteiger partial charge in [0.15, 0.2) is 0 Å². The summed E-state index contributed by atoms with van der Waals surface area (Å²) in [7, 11) is 1.63. The maximum Gasteiger partial charge on any atom is 0.347 e. The number of hydrogen-bond donors (Lipinski definition) is 0. The SMILES string of the molecule is COCCN1CCC[C@@]2(CCN(C(=O)Cn3cccnc3=O)C2)C1=O. The first-order valence-electron chi connectivity index (χ1n) is 8.63. The van der Waals surface area contributed by atoms with Crippen molar-refractivity contribution in [3.05, 3.63) is 28.9 Å². The molecule has 2 aliphatic rings. The average molecular weight is 348 g/mol. The van der Waals surface area contributed by atoms with Crippen molar-refractivity contribution in [2.75, 3.05) is 39.9 Å². The summed E-state index contributed by atoms with van der Waals surface area (Å²) in [6.07, 6.45) is 5.40. The predicted octanol–water partition coefficient (Wildman–Crippen LogP) is -0.269. The van der Waals surface area contributed by atoms with Crippen LogP contribution in [0.1, 0.15) is 19.3 Å². The van der Waals surface area contributed by atoms with E-state index in [4.69, 9.17) is 4.74 Å². The zero-order valence-electron chi connectivity index (χ0n) is 14.5. The summed E-state index contributed by atoms with van der Waals surface area (Å²) >= 11 is 0. The van der Waals surface area contributed by atoms with Crippen LogP contribution in [-0.2, 0) is 20.9 Å². The van der Waals surface area contributed by atoms with E-state index in [1.54, 1.807) is 24.3 Å². The maximum absolute atomic E-state index is 12.9. The summed E-state index contributed by atoms with van der Waals surface area (Å²) < 4.78 is 6.38. The second kappa shape index (κ2) is 7.35. The number of piperidine rings is 1. The molecule has 1 aromatic rings. The van der Waals surface area contributed by atoms with Crippen molar-refractivity contribution in [3.8, 4) is 0 Å². The Morgan fingerprint density at radius 3 is 2.92 bits per heavy atom. The van der Waals surface area contributed by atoms with Crippen LogP contribution in [0.3, 0.4) is 0 Å². The lowest BCUT2D eigenvalue weighted by atomic mass is 9.78. The third-order valence-electron chi connectivity index (χ3n) is 5.18. The molecule has 0 unspecified atom stereocenters. The molecule has 0 saturated carbocycles. The van der Waals surface area contributed by atoms with Gasteiger partial charge in [-0.05, 0) is 25.3 Å². The largest absolute Gasteiger partial charge is 0.383 e. The van der Waals surface area contributed by atoms with Gasteiger partial charge in [0.1, 0.15) is 6.54 Å². The summed E-state index contributed by atoms with van der Waals surface area (Å²) in [6, 6.07) is 1.62. The van der Waals surface area contributed by atoms with Crippen LogP contribution in [-0.4, -0.2) is 71.1 Å². The minimum absolute atomic E-state index is 0.0374. The molecule has 136 valence electrons. The Labute approximate surface area is 146 Å². The van der Waals surface area contributed by atoms with Crippen molar-refractivity contribution in [3.63, 3.8) is 0 Å². The van der Waals surface area contributed by atoms with Gasteiger partial charge in [-0.1, -0.05) is 0 Å². The topological polar surface area (TPSA) is 84.7 Å². The van der Waals surface area contributed by atoms with Crippen LogP contribution in [0.4, 0.5) is 0 Å². The summed E-state index contributed by atoms with van der Waals surface area (Å²) in [5, 5.41) is 0. The molecule has 8 heteroatoms. The number of aromatic nitrogens is 2. The number of carbonyl (C=O) groups excluding carboxylic acids is 2. The van der Waals surface area contributed by atoms with E-state index >= 15 is 0 Å². The molecule has 8 nitrogen and oxygen atoms in total. The Bertz CT molecular complexity index is 704. The highest BCUT2D eigenvalue weighted by Gasteiger charge is 2.49. The summed E-state index contributed by atoms with van der Waals surface area (Å²) in [5.74, 6) is -0.0153.